The van der Waals surface area contributed by atoms with E-state index in [1.54, 1.807) is 18.4 Å². The van der Waals surface area contributed by atoms with Gasteiger partial charge in [0.2, 0.25) is 5.95 Å². The zero-order valence-corrected chi connectivity index (χ0v) is 9.91. The van der Waals surface area contributed by atoms with E-state index in [2.05, 4.69) is 20.3 Å². The van der Waals surface area contributed by atoms with Crippen molar-refractivity contribution in [3.63, 3.8) is 0 Å². The van der Waals surface area contributed by atoms with E-state index in [1.807, 2.05) is 24.4 Å². The molecule has 2 aromatic heterocycles. The fourth-order valence-corrected chi connectivity index (χ4v) is 1.84. The minimum atomic E-state index is 0.352. The minimum absolute atomic E-state index is 0.352. The van der Waals surface area contributed by atoms with Crippen LogP contribution in [0, 0.1) is 0 Å². The molecule has 6 heteroatoms. The summed E-state index contributed by atoms with van der Waals surface area (Å²) in [7, 11) is 1.77. The van der Waals surface area contributed by atoms with Crippen LogP contribution < -0.4 is 10.1 Å². The average Bonchev–Trinajstić information content (AvgIpc) is 2.82. The molecular formula is C10H12N4OS. The summed E-state index contributed by atoms with van der Waals surface area (Å²) in [6.45, 7) is 2.44. The van der Waals surface area contributed by atoms with Crippen LogP contribution in [0.3, 0.4) is 0 Å². The van der Waals surface area contributed by atoms with Crippen molar-refractivity contribution < 1.29 is 4.74 Å². The zero-order valence-electron chi connectivity index (χ0n) is 9.10. The lowest BCUT2D eigenvalue weighted by Crippen LogP contribution is -2.04. The highest BCUT2D eigenvalue weighted by Crippen LogP contribution is 2.23. The summed E-state index contributed by atoms with van der Waals surface area (Å²) in [5.41, 5.74) is 0. The van der Waals surface area contributed by atoms with Gasteiger partial charge in [0, 0.05) is 7.05 Å². The molecule has 0 unspecified atom stereocenters. The van der Waals surface area contributed by atoms with Crippen LogP contribution in [-0.4, -0.2) is 28.6 Å². The van der Waals surface area contributed by atoms with Crippen LogP contribution in [0.4, 0.5) is 5.95 Å². The Bertz CT molecular complexity index is 458. The molecule has 0 aliphatic heterocycles. The molecule has 0 saturated carbocycles. The van der Waals surface area contributed by atoms with Gasteiger partial charge in [-0.15, -0.1) is 11.3 Å². The van der Waals surface area contributed by atoms with Gasteiger partial charge in [0.1, 0.15) is 0 Å². The molecule has 0 fully saturated rings. The number of anilines is 1. The summed E-state index contributed by atoms with van der Waals surface area (Å²) in [5, 5.41) is 4.88. The first kappa shape index (κ1) is 10.8. The van der Waals surface area contributed by atoms with Crippen molar-refractivity contribution in [2.45, 2.75) is 6.92 Å². The Morgan fingerprint density at radius 3 is 2.88 bits per heavy atom. The molecule has 16 heavy (non-hydrogen) atoms. The highest BCUT2D eigenvalue weighted by atomic mass is 32.1. The van der Waals surface area contributed by atoms with Crippen LogP contribution in [0.25, 0.3) is 10.7 Å². The molecule has 0 spiro atoms. The average molecular weight is 236 g/mol. The van der Waals surface area contributed by atoms with Crippen LogP contribution in [0.5, 0.6) is 6.01 Å². The van der Waals surface area contributed by atoms with Crippen LogP contribution in [0.1, 0.15) is 6.92 Å². The molecule has 0 amide bonds. The summed E-state index contributed by atoms with van der Waals surface area (Å²) in [6, 6.07) is 4.28. The van der Waals surface area contributed by atoms with Gasteiger partial charge in [-0.2, -0.15) is 15.0 Å². The van der Waals surface area contributed by atoms with E-state index in [0.717, 1.165) is 4.88 Å². The third-order valence-corrected chi connectivity index (χ3v) is 2.72. The van der Waals surface area contributed by atoms with Gasteiger partial charge in [0.15, 0.2) is 5.82 Å². The van der Waals surface area contributed by atoms with Crippen LogP contribution in [0.15, 0.2) is 17.5 Å². The summed E-state index contributed by atoms with van der Waals surface area (Å²) in [6.07, 6.45) is 0. The van der Waals surface area contributed by atoms with Gasteiger partial charge in [0.25, 0.3) is 0 Å². The molecule has 2 rings (SSSR count). The number of hydrogen-bond acceptors (Lipinski definition) is 6. The first-order valence-electron chi connectivity index (χ1n) is 4.94. The van der Waals surface area contributed by atoms with Gasteiger partial charge < -0.3 is 10.1 Å². The standard InChI is InChI=1S/C10H12N4OS/c1-3-15-10-13-8(7-5-4-6-16-7)12-9(11-2)14-10/h4-6H,3H2,1-2H3,(H,11,12,13,14). The van der Waals surface area contributed by atoms with E-state index >= 15 is 0 Å². The normalized spacial score (nSPS) is 10.1. The Morgan fingerprint density at radius 1 is 1.38 bits per heavy atom. The summed E-state index contributed by atoms with van der Waals surface area (Å²) in [5.74, 6) is 1.15. The van der Waals surface area contributed by atoms with Crippen LogP contribution >= 0.6 is 11.3 Å². The van der Waals surface area contributed by atoms with Gasteiger partial charge in [-0.05, 0) is 18.4 Å². The molecule has 0 saturated heterocycles. The maximum atomic E-state index is 5.29. The third-order valence-electron chi connectivity index (χ3n) is 1.85. The van der Waals surface area contributed by atoms with Gasteiger partial charge in [-0.3, -0.25) is 0 Å². The second kappa shape index (κ2) is 4.89. The van der Waals surface area contributed by atoms with Crippen molar-refractivity contribution in [2.24, 2.45) is 0 Å². The van der Waals surface area contributed by atoms with E-state index in [-0.39, 0.29) is 0 Å². The molecule has 0 aliphatic rings. The van der Waals surface area contributed by atoms with E-state index in [1.165, 1.54) is 0 Å². The Morgan fingerprint density at radius 2 is 2.25 bits per heavy atom. The Hall–Kier alpha value is -1.69. The largest absolute Gasteiger partial charge is 0.464 e. The lowest BCUT2D eigenvalue weighted by atomic mass is 10.4. The van der Waals surface area contributed by atoms with Gasteiger partial charge in [-0.1, -0.05) is 6.07 Å². The van der Waals surface area contributed by atoms with E-state index in [9.17, 15) is 0 Å². The molecule has 2 heterocycles. The number of nitrogens with one attached hydrogen (secondary N) is 1. The Balaban J connectivity index is 2.41. The first-order valence-corrected chi connectivity index (χ1v) is 5.82. The van der Waals surface area contributed by atoms with Crippen molar-refractivity contribution in [1.82, 2.24) is 15.0 Å². The highest BCUT2D eigenvalue weighted by Gasteiger charge is 2.08. The molecule has 5 nitrogen and oxygen atoms in total. The van der Waals surface area contributed by atoms with E-state index in [0.29, 0.717) is 24.4 Å². The molecule has 2 aromatic rings. The Kier molecular flexibility index (Phi) is 3.31. The SMILES string of the molecule is CCOc1nc(NC)nc(-c2cccs2)n1. The fourth-order valence-electron chi connectivity index (χ4n) is 1.18. The topological polar surface area (TPSA) is 59.9 Å². The molecule has 0 atom stereocenters. The van der Waals surface area contributed by atoms with Gasteiger partial charge in [-0.25, -0.2) is 0 Å². The zero-order chi connectivity index (χ0) is 11.4. The monoisotopic (exact) mass is 236 g/mol. The summed E-state index contributed by atoms with van der Waals surface area (Å²) >= 11 is 1.59. The number of aromatic nitrogens is 3. The molecular weight excluding hydrogens is 224 g/mol. The van der Waals surface area contributed by atoms with Crippen LogP contribution in [0.2, 0.25) is 0 Å². The maximum absolute atomic E-state index is 5.29. The number of rotatable bonds is 4. The maximum Gasteiger partial charge on any atom is 0.321 e. The lowest BCUT2D eigenvalue weighted by molar-refractivity contribution is 0.312. The molecule has 0 aliphatic carbocycles. The summed E-state index contributed by atoms with van der Waals surface area (Å²) < 4.78 is 5.29. The molecule has 0 radical (unpaired) electrons. The molecule has 0 aromatic carbocycles. The molecule has 0 bridgehead atoms. The van der Waals surface area contributed by atoms with Crippen molar-refractivity contribution in [1.29, 1.82) is 0 Å². The quantitative estimate of drug-likeness (QED) is 0.880. The number of ether oxygens (including phenoxy) is 1. The number of thiophene rings is 1. The second-order valence-corrected chi connectivity index (χ2v) is 3.87. The minimum Gasteiger partial charge on any atom is -0.464 e. The predicted octanol–water partition coefficient (Wildman–Crippen LogP) is 2.04. The van der Waals surface area contributed by atoms with Crippen molar-refractivity contribution in [2.75, 3.05) is 19.0 Å². The number of hydrogen-bond donors (Lipinski definition) is 1. The smallest absolute Gasteiger partial charge is 0.321 e. The van der Waals surface area contributed by atoms with Crippen molar-refractivity contribution in [3.8, 4) is 16.7 Å². The predicted molar refractivity (Wildman–Crippen MR) is 63.9 cm³/mol. The first-order chi connectivity index (χ1) is 7.83. The van der Waals surface area contributed by atoms with Gasteiger partial charge in [0.05, 0.1) is 11.5 Å². The Labute approximate surface area is 97.5 Å². The van der Waals surface area contributed by atoms with Crippen LogP contribution in [-0.2, 0) is 0 Å². The van der Waals surface area contributed by atoms with E-state index in [4.69, 9.17) is 4.74 Å². The van der Waals surface area contributed by atoms with Crippen molar-refractivity contribution in [3.05, 3.63) is 17.5 Å². The van der Waals surface area contributed by atoms with E-state index < -0.39 is 0 Å². The summed E-state index contributed by atoms with van der Waals surface area (Å²) in [4.78, 5) is 13.6. The fraction of sp³-hybridized carbons (Fsp3) is 0.300. The number of nitrogens with zero attached hydrogens (tertiary/aromatic N) is 3. The second-order valence-electron chi connectivity index (χ2n) is 2.93. The third kappa shape index (κ3) is 2.27. The van der Waals surface area contributed by atoms with Gasteiger partial charge >= 0.3 is 6.01 Å². The lowest BCUT2D eigenvalue weighted by Gasteiger charge is -2.05. The highest BCUT2D eigenvalue weighted by molar-refractivity contribution is 7.13. The molecule has 84 valence electrons. The molecule has 1 N–H and O–H groups in total. The van der Waals surface area contributed by atoms with Crippen molar-refractivity contribution >= 4 is 17.3 Å².